The first kappa shape index (κ1) is 13.9. The summed E-state index contributed by atoms with van der Waals surface area (Å²) in [6.07, 6.45) is 0.341. The third kappa shape index (κ3) is 3.07. The zero-order chi connectivity index (χ0) is 14.0. The Kier molecular flexibility index (Phi) is 4.10. The second-order valence-electron chi connectivity index (χ2n) is 4.80. The highest BCUT2D eigenvalue weighted by Crippen LogP contribution is 2.23. The summed E-state index contributed by atoms with van der Waals surface area (Å²) < 4.78 is 0. The van der Waals surface area contributed by atoms with E-state index in [9.17, 15) is 9.59 Å². The van der Waals surface area contributed by atoms with E-state index in [0.717, 1.165) is 5.56 Å². The quantitative estimate of drug-likeness (QED) is 0.902. The van der Waals surface area contributed by atoms with Crippen molar-refractivity contribution in [3.8, 4) is 0 Å². The van der Waals surface area contributed by atoms with Gasteiger partial charge < -0.3 is 10.2 Å². The van der Waals surface area contributed by atoms with Crippen LogP contribution in [0.2, 0.25) is 5.02 Å². The van der Waals surface area contributed by atoms with Crippen LogP contribution in [0.15, 0.2) is 24.3 Å². The maximum Gasteiger partial charge on any atom is 0.245 e. The van der Waals surface area contributed by atoms with Crippen LogP contribution in [0.5, 0.6) is 0 Å². The highest BCUT2D eigenvalue weighted by atomic mass is 35.5. The van der Waals surface area contributed by atoms with Gasteiger partial charge in [-0.25, -0.2) is 0 Å². The van der Waals surface area contributed by atoms with E-state index in [4.69, 9.17) is 11.6 Å². The fourth-order valence-electron chi connectivity index (χ4n) is 2.26. The Morgan fingerprint density at radius 1 is 1.32 bits per heavy atom. The lowest BCUT2D eigenvalue weighted by Gasteiger charge is -2.29. The first-order valence-corrected chi connectivity index (χ1v) is 6.72. The van der Waals surface area contributed by atoms with Crippen molar-refractivity contribution in [1.29, 1.82) is 0 Å². The second-order valence-corrected chi connectivity index (χ2v) is 5.23. The molecular weight excluding hydrogens is 264 g/mol. The van der Waals surface area contributed by atoms with E-state index in [1.807, 2.05) is 31.2 Å². The number of rotatable bonds is 2. The van der Waals surface area contributed by atoms with Crippen molar-refractivity contribution >= 4 is 23.4 Å². The largest absolute Gasteiger partial charge is 0.345 e. The molecule has 0 aromatic heterocycles. The molecule has 19 heavy (non-hydrogen) atoms. The van der Waals surface area contributed by atoms with Crippen LogP contribution in [0.3, 0.4) is 0 Å². The monoisotopic (exact) mass is 280 g/mol. The number of carbonyl (C=O) groups excluding carboxylic acids is 2. The molecule has 2 unspecified atom stereocenters. The SMILES string of the molecule is CC1NC(=O)CCN(C(C)c2ccc(Cl)cc2)C1=O. The molecular formula is C14H17ClN2O2. The maximum atomic E-state index is 12.3. The topological polar surface area (TPSA) is 49.4 Å². The summed E-state index contributed by atoms with van der Waals surface area (Å²) in [4.78, 5) is 25.5. The Bertz CT molecular complexity index is 487. The van der Waals surface area contributed by atoms with Crippen LogP contribution in [-0.2, 0) is 9.59 Å². The summed E-state index contributed by atoms with van der Waals surface area (Å²) in [6.45, 7) is 4.12. The highest BCUT2D eigenvalue weighted by molar-refractivity contribution is 6.30. The molecule has 2 rings (SSSR count). The van der Waals surface area contributed by atoms with Crippen LogP contribution in [0.25, 0.3) is 0 Å². The lowest BCUT2D eigenvalue weighted by molar-refractivity contribution is -0.134. The average Bonchev–Trinajstić information content (AvgIpc) is 2.50. The van der Waals surface area contributed by atoms with E-state index in [1.54, 1.807) is 11.8 Å². The van der Waals surface area contributed by atoms with Crippen molar-refractivity contribution in [2.24, 2.45) is 0 Å². The van der Waals surface area contributed by atoms with Crippen LogP contribution in [0.1, 0.15) is 31.9 Å². The molecule has 1 fully saturated rings. The van der Waals surface area contributed by atoms with Crippen LogP contribution >= 0.6 is 11.6 Å². The standard InChI is InChI=1S/C14H17ClN2O2/c1-9-14(19)17(8-7-13(18)16-9)10(2)11-3-5-12(15)6-4-11/h3-6,9-10H,7-8H2,1-2H3,(H,16,18). The van der Waals surface area contributed by atoms with Gasteiger partial charge in [-0.05, 0) is 31.5 Å². The summed E-state index contributed by atoms with van der Waals surface area (Å²) >= 11 is 5.86. The van der Waals surface area contributed by atoms with E-state index in [-0.39, 0.29) is 17.9 Å². The Labute approximate surface area is 117 Å². The van der Waals surface area contributed by atoms with Gasteiger partial charge in [0.1, 0.15) is 6.04 Å². The number of hydrogen-bond donors (Lipinski definition) is 1. The normalized spacial score (nSPS) is 21.8. The molecule has 1 heterocycles. The molecule has 2 amide bonds. The minimum atomic E-state index is -0.468. The van der Waals surface area contributed by atoms with E-state index < -0.39 is 6.04 Å². The van der Waals surface area contributed by atoms with E-state index >= 15 is 0 Å². The van der Waals surface area contributed by atoms with Crippen LogP contribution in [0, 0.1) is 0 Å². The Morgan fingerprint density at radius 3 is 2.58 bits per heavy atom. The Hall–Kier alpha value is -1.55. The van der Waals surface area contributed by atoms with Gasteiger partial charge in [-0.15, -0.1) is 0 Å². The molecule has 0 spiro atoms. The molecule has 0 radical (unpaired) electrons. The van der Waals surface area contributed by atoms with Gasteiger partial charge in [-0.1, -0.05) is 23.7 Å². The number of carbonyl (C=O) groups is 2. The van der Waals surface area contributed by atoms with E-state index in [0.29, 0.717) is 18.0 Å². The molecule has 5 heteroatoms. The molecule has 1 aliphatic heterocycles. The number of nitrogens with zero attached hydrogens (tertiary/aromatic N) is 1. The molecule has 1 N–H and O–H groups in total. The van der Waals surface area contributed by atoms with Gasteiger partial charge in [0.05, 0.1) is 6.04 Å². The highest BCUT2D eigenvalue weighted by Gasteiger charge is 2.30. The van der Waals surface area contributed by atoms with E-state index in [2.05, 4.69) is 5.32 Å². The van der Waals surface area contributed by atoms with Crippen molar-refractivity contribution in [1.82, 2.24) is 10.2 Å². The van der Waals surface area contributed by atoms with Gasteiger partial charge in [-0.2, -0.15) is 0 Å². The van der Waals surface area contributed by atoms with Gasteiger partial charge in [0.25, 0.3) is 0 Å². The third-order valence-corrected chi connectivity index (χ3v) is 3.68. The lowest BCUT2D eigenvalue weighted by Crippen LogP contribution is -2.43. The van der Waals surface area contributed by atoms with Crippen molar-refractivity contribution in [2.45, 2.75) is 32.4 Å². The summed E-state index contributed by atoms with van der Waals surface area (Å²) in [5.74, 6) is -0.125. The van der Waals surface area contributed by atoms with Crippen LogP contribution in [0.4, 0.5) is 0 Å². The van der Waals surface area contributed by atoms with Crippen molar-refractivity contribution in [2.75, 3.05) is 6.54 Å². The molecule has 0 bridgehead atoms. The predicted molar refractivity (Wildman–Crippen MR) is 73.8 cm³/mol. The van der Waals surface area contributed by atoms with Crippen LogP contribution < -0.4 is 5.32 Å². The van der Waals surface area contributed by atoms with Crippen LogP contribution in [-0.4, -0.2) is 29.3 Å². The lowest BCUT2D eigenvalue weighted by atomic mass is 10.1. The average molecular weight is 281 g/mol. The van der Waals surface area contributed by atoms with E-state index in [1.165, 1.54) is 0 Å². The number of hydrogen-bond acceptors (Lipinski definition) is 2. The molecule has 1 aromatic rings. The minimum absolute atomic E-state index is 0.0479. The molecule has 1 aromatic carbocycles. The summed E-state index contributed by atoms with van der Waals surface area (Å²) in [7, 11) is 0. The molecule has 1 aliphatic rings. The fourth-order valence-corrected chi connectivity index (χ4v) is 2.39. The summed E-state index contributed by atoms with van der Waals surface area (Å²) in [6, 6.07) is 6.89. The van der Waals surface area contributed by atoms with Gasteiger partial charge in [-0.3, -0.25) is 9.59 Å². The maximum absolute atomic E-state index is 12.3. The predicted octanol–water partition coefficient (Wildman–Crippen LogP) is 2.14. The molecule has 4 nitrogen and oxygen atoms in total. The number of amides is 2. The molecule has 0 saturated carbocycles. The molecule has 102 valence electrons. The van der Waals surface area contributed by atoms with Crippen molar-refractivity contribution in [3.63, 3.8) is 0 Å². The molecule has 1 saturated heterocycles. The van der Waals surface area contributed by atoms with Gasteiger partial charge >= 0.3 is 0 Å². The number of halogens is 1. The number of nitrogens with one attached hydrogen (secondary N) is 1. The second kappa shape index (κ2) is 5.61. The van der Waals surface area contributed by atoms with Crippen molar-refractivity contribution in [3.05, 3.63) is 34.9 Å². The Balaban J connectivity index is 2.21. The van der Waals surface area contributed by atoms with Gasteiger partial charge in [0.2, 0.25) is 11.8 Å². The van der Waals surface area contributed by atoms with Crippen molar-refractivity contribution < 1.29 is 9.59 Å². The zero-order valence-electron chi connectivity index (χ0n) is 11.0. The minimum Gasteiger partial charge on any atom is -0.345 e. The molecule has 0 aliphatic carbocycles. The van der Waals surface area contributed by atoms with Gasteiger partial charge in [0.15, 0.2) is 0 Å². The molecule has 2 atom stereocenters. The summed E-state index contributed by atoms with van der Waals surface area (Å²) in [5.41, 5.74) is 1.01. The fraction of sp³-hybridized carbons (Fsp3) is 0.429. The zero-order valence-corrected chi connectivity index (χ0v) is 11.8. The Morgan fingerprint density at radius 2 is 1.95 bits per heavy atom. The summed E-state index contributed by atoms with van der Waals surface area (Å²) in [5, 5.41) is 3.36. The first-order valence-electron chi connectivity index (χ1n) is 6.34. The van der Waals surface area contributed by atoms with Gasteiger partial charge in [0, 0.05) is 18.0 Å². The third-order valence-electron chi connectivity index (χ3n) is 3.43. The first-order chi connectivity index (χ1) is 8.99. The number of benzene rings is 1. The smallest absolute Gasteiger partial charge is 0.245 e.